The highest BCUT2D eigenvalue weighted by atomic mass is 19.4. The highest BCUT2D eigenvalue weighted by Gasteiger charge is 2.51. The van der Waals surface area contributed by atoms with Gasteiger partial charge in [0.2, 0.25) is 0 Å². The molecule has 0 radical (unpaired) electrons. The first kappa shape index (κ1) is 9.76. The molecule has 2 saturated heterocycles. The van der Waals surface area contributed by atoms with Crippen LogP contribution in [0.4, 0.5) is 13.2 Å². The number of hydrogen-bond donors (Lipinski definition) is 2. The van der Waals surface area contributed by atoms with Gasteiger partial charge in [-0.2, -0.15) is 13.2 Å². The third kappa shape index (κ3) is 1.58. The van der Waals surface area contributed by atoms with Crippen molar-refractivity contribution in [1.82, 2.24) is 10.6 Å². The lowest BCUT2D eigenvalue weighted by molar-refractivity contribution is -0.174. The van der Waals surface area contributed by atoms with Crippen molar-refractivity contribution in [3.8, 4) is 0 Å². The number of amides is 1. The first-order valence-electron chi connectivity index (χ1n) is 4.50. The van der Waals surface area contributed by atoms with E-state index in [-0.39, 0.29) is 12.0 Å². The highest BCUT2D eigenvalue weighted by Crippen LogP contribution is 2.45. The number of alkyl halides is 3. The predicted octanol–water partition coefficient (Wildman–Crippen LogP) is 0.417. The zero-order valence-corrected chi connectivity index (χ0v) is 7.45. The van der Waals surface area contributed by atoms with Crippen molar-refractivity contribution in [1.29, 1.82) is 0 Å². The van der Waals surface area contributed by atoms with Crippen molar-refractivity contribution in [3.63, 3.8) is 0 Å². The number of halogens is 3. The molecule has 0 atom stereocenters. The molecule has 0 aromatic heterocycles. The molecule has 2 N–H and O–H groups in total. The Balaban J connectivity index is 1.80. The smallest absolute Gasteiger partial charge is 0.348 e. The minimum Gasteiger partial charge on any atom is -0.348 e. The fourth-order valence-electron chi connectivity index (χ4n) is 2.21. The van der Waals surface area contributed by atoms with Gasteiger partial charge in [-0.25, -0.2) is 0 Å². The standard InChI is InChI=1S/C8H11F3N2O/c9-8(10,11)6(14)13-4-7-1-5(2-7)12-3-7/h5,12H,1-4H2,(H,13,14). The van der Waals surface area contributed by atoms with E-state index in [1.165, 1.54) is 0 Å². The van der Waals surface area contributed by atoms with Gasteiger partial charge in [0.05, 0.1) is 0 Å². The Morgan fingerprint density at radius 2 is 2.14 bits per heavy atom. The molecular weight excluding hydrogens is 197 g/mol. The van der Waals surface area contributed by atoms with E-state index in [2.05, 4.69) is 5.32 Å². The Kier molecular flexibility index (Phi) is 1.99. The molecule has 2 bridgehead atoms. The second-order valence-electron chi connectivity index (χ2n) is 4.17. The van der Waals surface area contributed by atoms with E-state index >= 15 is 0 Å². The summed E-state index contributed by atoms with van der Waals surface area (Å²) >= 11 is 0. The van der Waals surface area contributed by atoms with Crippen LogP contribution in [0.2, 0.25) is 0 Å². The van der Waals surface area contributed by atoms with Gasteiger partial charge in [0, 0.05) is 24.5 Å². The van der Waals surface area contributed by atoms with Crippen molar-refractivity contribution in [2.45, 2.75) is 25.1 Å². The van der Waals surface area contributed by atoms with Crippen molar-refractivity contribution >= 4 is 5.91 Å². The van der Waals surface area contributed by atoms with Crippen LogP contribution in [-0.2, 0) is 4.79 Å². The maximum Gasteiger partial charge on any atom is 0.471 e. The van der Waals surface area contributed by atoms with E-state index < -0.39 is 12.1 Å². The van der Waals surface area contributed by atoms with E-state index in [0.717, 1.165) is 19.4 Å². The highest BCUT2D eigenvalue weighted by molar-refractivity contribution is 5.81. The lowest BCUT2D eigenvalue weighted by Crippen LogP contribution is -2.47. The maximum absolute atomic E-state index is 11.8. The number of fused-ring (bicyclic) bond motifs is 1. The number of nitrogens with one attached hydrogen (secondary N) is 2. The fraction of sp³-hybridized carbons (Fsp3) is 0.875. The molecule has 2 heterocycles. The first-order valence-corrected chi connectivity index (χ1v) is 4.50. The van der Waals surface area contributed by atoms with Crippen LogP contribution in [-0.4, -0.2) is 31.2 Å². The molecule has 0 spiro atoms. The summed E-state index contributed by atoms with van der Waals surface area (Å²) in [5, 5.41) is 5.10. The van der Waals surface area contributed by atoms with Gasteiger partial charge in [-0.05, 0) is 12.8 Å². The Bertz CT molecular complexity index is 252. The largest absolute Gasteiger partial charge is 0.471 e. The van der Waals surface area contributed by atoms with Crippen LogP contribution in [0.25, 0.3) is 0 Å². The zero-order valence-electron chi connectivity index (χ0n) is 7.45. The SMILES string of the molecule is O=C(NCC12CNC(C1)C2)C(F)(F)F. The molecule has 80 valence electrons. The van der Waals surface area contributed by atoms with E-state index in [0.29, 0.717) is 6.04 Å². The van der Waals surface area contributed by atoms with Gasteiger partial charge in [0.25, 0.3) is 0 Å². The molecule has 1 saturated carbocycles. The van der Waals surface area contributed by atoms with Gasteiger partial charge < -0.3 is 10.6 Å². The average molecular weight is 208 g/mol. The minimum absolute atomic E-state index is 0.106. The number of carbonyl (C=O) groups excluding carboxylic acids is 1. The molecule has 3 nitrogen and oxygen atoms in total. The van der Waals surface area contributed by atoms with Gasteiger partial charge in [-0.15, -0.1) is 0 Å². The topological polar surface area (TPSA) is 41.1 Å². The zero-order chi connectivity index (χ0) is 10.4. The van der Waals surface area contributed by atoms with Crippen LogP contribution in [0.3, 0.4) is 0 Å². The fourth-order valence-corrected chi connectivity index (χ4v) is 2.21. The molecule has 3 aliphatic rings. The third-order valence-corrected chi connectivity index (χ3v) is 3.01. The molecule has 1 aliphatic carbocycles. The molecule has 6 heteroatoms. The Morgan fingerprint density at radius 1 is 1.50 bits per heavy atom. The summed E-state index contributed by atoms with van der Waals surface area (Å²) < 4.78 is 35.5. The Hall–Kier alpha value is -0.780. The maximum atomic E-state index is 11.8. The van der Waals surface area contributed by atoms with E-state index in [4.69, 9.17) is 0 Å². The summed E-state index contributed by atoms with van der Waals surface area (Å²) in [4.78, 5) is 10.5. The molecule has 14 heavy (non-hydrogen) atoms. The summed E-state index contributed by atoms with van der Waals surface area (Å²) in [7, 11) is 0. The number of rotatable bonds is 2. The van der Waals surface area contributed by atoms with Gasteiger partial charge in [-0.1, -0.05) is 0 Å². The van der Waals surface area contributed by atoms with Crippen LogP contribution < -0.4 is 10.6 Å². The summed E-state index contributed by atoms with van der Waals surface area (Å²) in [5.41, 5.74) is -0.106. The molecule has 0 aromatic carbocycles. The van der Waals surface area contributed by atoms with Gasteiger partial charge in [0.1, 0.15) is 0 Å². The van der Waals surface area contributed by atoms with Crippen molar-refractivity contribution in [2.24, 2.45) is 5.41 Å². The quantitative estimate of drug-likeness (QED) is 0.690. The number of carbonyl (C=O) groups is 1. The monoisotopic (exact) mass is 208 g/mol. The Labute approximate surface area is 79.0 Å². The summed E-state index contributed by atoms with van der Waals surface area (Å²) in [6, 6.07) is 0.456. The second-order valence-corrected chi connectivity index (χ2v) is 4.17. The van der Waals surface area contributed by atoms with Crippen LogP contribution >= 0.6 is 0 Å². The van der Waals surface area contributed by atoms with Gasteiger partial charge in [-0.3, -0.25) is 4.79 Å². The van der Waals surface area contributed by atoms with Crippen LogP contribution in [0.1, 0.15) is 12.8 Å². The van der Waals surface area contributed by atoms with Crippen molar-refractivity contribution in [3.05, 3.63) is 0 Å². The van der Waals surface area contributed by atoms with Crippen LogP contribution in [0.15, 0.2) is 0 Å². The normalized spacial score (nSPS) is 35.2. The van der Waals surface area contributed by atoms with E-state index in [1.54, 1.807) is 0 Å². The molecule has 1 amide bonds. The molecule has 0 unspecified atom stereocenters. The predicted molar refractivity (Wildman–Crippen MR) is 42.5 cm³/mol. The van der Waals surface area contributed by atoms with E-state index in [9.17, 15) is 18.0 Å². The second kappa shape index (κ2) is 2.85. The third-order valence-electron chi connectivity index (χ3n) is 3.01. The van der Waals surface area contributed by atoms with Gasteiger partial charge >= 0.3 is 12.1 Å². The summed E-state index contributed by atoms with van der Waals surface area (Å²) in [6.45, 7) is 0.852. The van der Waals surface area contributed by atoms with Crippen molar-refractivity contribution in [2.75, 3.05) is 13.1 Å². The van der Waals surface area contributed by atoms with Crippen LogP contribution in [0, 0.1) is 5.41 Å². The van der Waals surface area contributed by atoms with E-state index in [1.807, 2.05) is 5.32 Å². The first-order chi connectivity index (χ1) is 6.41. The average Bonchev–Trinajstić information content (AvgIpc) is 2.55. The molecular formula is C8H11F3N2O. The Morgan fingerprint density at radius 3 is 2.57 bits per heavy atom. The molecule has 3 rings (SSSR count). The summed E-state index contributed by atoms with van der Waals surface area (Å²) in [6.07, 6.45) is -3.00. The minimum atomic E-state index is -4.76. The van der Waals surface area contributed by atoms with Crippen molar-refractivity contribution < 1.29 is 18.0 Å². The van der Waals surface area contributed by atoms with Crippen LogP contribution in [0.5, 0.6) is 0 Å². The molecule has 3 fully saturated rings. The molecule has 0 aromatic rings. The lowest BCUT2D eigenvalue weighted by atomic mass is 9.70. The molecule has 2 aliphatic heterocycles. The van der Waals surface area contributed by atoms with Gasteiger partial charge in [0.15, 0.2) is 0 Å². The lowest BCUT2D eigenvalue weighted by Gasteiger charge is -2.36. The number of hydrogen-bond acceptors (Lipinski definition) is 2. The summed E-state index contributed by atoms with van der Waals surface area (Å²) in [5.74, 6) is -1.83.